The number of pyridine rings is 1. The normalized spacial score (nSPS) is 14.1. The molecule has 6 heteroatoms. The molecule has 2 unspecified atom stereocenters. The predicted molar refractivity (Wildman–Crippen MR) is 63.2 cm³/mol. The summed E-state index contributed by atoms with van der Waals surface area (Å²) in [7, 11) is -0.893. The molecule has 0 aliphatic heterocycles. The summed E-state index contributed by atoms with van der Waals surface area (Å²) in [4.78, 5) is 14.4. The maximum Gasteiger partial charge on any atom is 0.354 e. The van der Waals surface area contributed by atoms with E-state index < -0.39 is 16.8 Å². The number of rotatable bonds is 5. The maximum absolute atomic E-state index is 11.1. The highest BCUT2D eigenvalue weighted by molar-refractivity contribution is 7.84. The third kappa shape index (κ3) is 3.62. The van der Waals surface area contributed by atoms with Gasteiger partial charge in [-0.3, -0.25) is 4.21 Å². The molecule has 1 aromatic heterocycles. The lowest BCUT2D eigenvalue weighted by atomic mass is 10.3. The average Bonchev–Trinajstić information content (AvgIpc) is 2.26. The quantitative estimate of drug-likeness (QED) is 0.804. The lowest BCUT2D eigenvalue weighted by Gasteiger charge is -2.11. The minimum absolute atomic E-state index is 0.00438. The van der Waals surface area contributed by atoms with Crippen LogP contribution in [0.25, 0.3) is 0 Å². The first-order chi connectivity index (χ1) is 7.50. The Kier molecular flexibility index (Phi) is 4.42. The van der Waals surface area contributed by atoms with Crippen LogP contribution in [0.3, 0.4) is 0 Å². The van der Waals surface area contributed by atoms with Crippen LogP contribution in [-0.2, 0) is 10.8 Å². The third-order valence-corrected chi connectivity index (χ3v) is 3.44. The number of carbonyl (C=O) groups is 1. The average molecular weight is 242 g/mol. The smallest absolute Gasteiger partial charge is 0.354 e. The molecular weight excluding hydrogens is 228 g/mol. The first-order valence-electron chi connectivity index (χ1n) is 4.76. The van der Waals surface area contributed by atoms with E-state index in [1.54, 1.807) is 12.3 Å². The lowest BCUT2D eigenvalue weighted by molar-refractivity contribution is 0.0690. The fourth-order valence-electron chi connectivity index (χ4n) is 1.04. The number of aromatic nitrogens is 1. The summed E-state index contributed by atoms with van der Waals surface area (Å²) in [5.41, 5.74) is 0.667. The first kappa shape index (κ1) is 12.6. The number of carboxylic acids is 1. The van der Waals surface area contributed by atoms with Gasteiger partial charge in [-0.1, -0.05) is 0 Å². The second-order valence-electron chi connectivity index (χ2n) is 3.43. The Morgan fingerprint density at radius 3 is 2.94 bits per heavy atom. The Morgan fingerprint density at radius 1 is 1.69 bits per heavy atom. The highest BCUT2D eigenvalue weighted by atomic mass is 32.2. The SMILES string of the molecule is CC(CNc1ccnc(C(=O)O)c1)S(C)=O. The molecule has 16 heavy (non-hydrogen) atoms. The van der Waals surface area contributed by atoms with Gasteiger partial charge in [0.25, 0.3) is 0 Å². The minimum atomic E-state index is -1.06. The van der Waals surface area contributed by atoms with Crippen LogP contribution in [0.5, 0.6) is 0 Å². The number of hydrogen-bond donors (Lipinski definition) is 2. The van der Waals surface area contributed by atoms with E-state index in [4.69, 9.17) is 5.11 Å². The van der Waals surface area contributed by atoms with Crippen LogP contribution in [0.1, 0.15) is 17.4 Å². The van der Waals surface area contributed by atoms with Crippen molar-refractivity contribution < 1.29 is 14.1 Å². The van der Waals surface area contributed by atoms with Crippen LogP contribution in [0, 0.1) is 0 Å². The summed E-state index contributed by atoms with van der Waals surface area (Å²) in [6.45, 7) is 2.40. The summed E-state index contributed by atoms with van der Waals surface area (Å²) < 4.78 is 11.1. The Balaban J connectivity index is 2.64. The van der Waals surface area contributed by atoms with Crippen LogP contribution < -0.4 is 5.32 Å². The summed E-state index contributed by atoms with van der Waals surface area (Å²) in [5.74, 6) is -1.06. The maximum atomic E-state index is 11.1. The van der Waals surface area contributed by atoms with Crippen molar-refractivity contribution in [2.45, 2.75) is 12.2 Å². The predicted octanol–water partition coefficient (Wildman–Crippen LogP) is 0.959. The minimum Gasteiger partial charge on any atom is -0.477 e. The molecule has 1 aromatic rings. The first-order valence-corrected chi connectivity index (χ1v) is 6.38. The van der Waals surface area contributed by atoms with Crippen molar-refractivity contribution in [3.8, 4) is 0 Å². The molecule has 1 rings (SSSR count). The van der Waals surface area contributed by atoms with Crippen molar-refractivity contribution in [2.24, 2.45) is 0 Å². The fourth-order valence-corrected chi connectivity index (χ4v) is 1.35. The van der Waals surface area contributed by atoms with E-state index in [0.717, 1.165) is 0 Å². The van der Waals surface area contributed by atoms with Gasteiger partial charge in [-0.05, 0) is 19.1 Å². The molecule has 0 radical (unpaired) electrons. The van der Waals surface area contributed by atoms with Gasteiger partial charge in [-0.2, -0.15) is 0 Å². The zero-order valence-electron chi connectivity index (χ0n) is 9.14. The van der Waals surface area contributed by atoms with Crippen molar-refractivity contribution in [1.82, 2.24) is 4.98 Å². The van der Waals surface area contributed by atoms with E-state index in [1.807, 2.05) is 6.92 Å². The van der Waals surface area contributed by atoms with Gasteiger partial charge < -0.3 is 10.4 Å². The summed E-state index contributed by atoms with van der Waals surface area (Å²) in [6, 6.07) is 3.13. The second kappa shape index (κ2) is 5.60. The summed E-state index contributed by atoms with van der Waals surface area (Å²) in [6.07, 6.45) is 3.07. The van der Waals surface area contributed by atoms with Crippen molar-refractivity contribution >= 4 is 22.5 Å². The van der Waals surface area contributed by atoms with Crippen LogP contribution in [0.2, 0.25) is 0 Å². The van der Waals surface area contributed by atoms with Crippen LogP contribution in [-0.4, -0.2) is 38.3 Å². The molecule has 0 fully saturated rings. The standard InChI is InChI=1S/C10H14N2O3S/c1-7(16(2)15)6-12-8-3-4-11-9(5-8)10(13)14/h3-5,7H,6H2,1-2H3,(H,11,12)(H,13,14). The Labute approximate surface area is 96.4 Å². The Hall–Kier alpha value is -1.43. The van der Waals surface area contributed by atoms with Crippen LogP contribution in [0.15, 0.2) is 18.3 Å². The number of nitrogens with one attached hydrogen (secondary N) is 1. The molecule has 88 valence electrons. The monoisotopic (exact) mass is 242 g/mol. The summed E-state index contributed by atoms with van der Waals surface area (Å²) in [5, 5.41) is 11.8. The molecule has 2 atom stereocenters. The highest BCUT2D eigenvalue weighted by Crippen LogP contribution is 2.08. The molecular formula is C10H14N2O3S. The van der Waals surface area contributed by atoms with Gasteiger partial charge in [-0.15, -0.1) is 0 Å². The number of aromatic carboxylic acids is 1. The van der Waals surface area contributed by atoms with Gasteiger partial charge in [0.1, 0.15) is 5.69 Å². The van der Waals surface area contributed by atoms with E-state index in [9.17, 15) is 9.00 Å². The van der Waals surface area contributed by atoms with Crippen molar-refractivity contribution in [3.63, 3.8) is 0 Å². The van der Waals surface area contributed by atoms with Crippen molar-refractivity contribution in [1.29, 1.82) is 0 Å². The zero-order chi connectivity index (χ0) is 12.1. The van der Waals surface area contributed by atoms with Crippen molar-refractivity contribution in [3.05, 3.63) is 24.0 Å². The highest BCUT2D eigenvalue weighted by Gasteiger charge is 2.07. The topological polar surface area (TPSA) is 79.3 Å². The molecule has 2 N–H and O–H groups in total. The third-order valence-electron chi connectivity index (χ3n) is 2.14. The van der Waals surface area contributed by atoms with Gasteiger partial charge in [-0.25, -0.2) is 9.78 Å². The van der Waals surface area contributed by atoms with Crippen LogP contribution >= 0.6 is 0 Å². The number of carboxylic acid groups (broad SMARTS) is 1. The molecule has 0 spiro atoms. The Morgan fingerprint density at radius 2 is 2.38 bits per heavy atom. The van der Waals surface area contributed by atoms with Gasteiger partial charge >= 0.3 is 5.97 Å². The van der Waals surface area contributed by atoms with E-state index in [2.05, 4.69) is 10.3 Å². The van der Waals surface area contributed by atoms with Gasteiger partial charge in [0.2, 0.25) is 0 Å². The lowest BCUT2D eigenvalue weighted by Crippen LogP contribution is -2.20. The van der Waals surface area contributed by atoms with Gasteiger partial charge in [0.15, 0.2) is 0 Å². The molecule has 0 aromatic carbocycles. The van der Waals surface area contributed by atoms with E-state index in [-0.39, 0.29) is 10.9 Å². The molecule has 0 bridgehead atoms. The Bertz CT molecular complexity index is 409. The summed E-state index contributed by atoms with van der Waals surface area (Å²) >= 11 is 0. The number of hydrogen-bond acceptors (Lipinski definition) is 4. The van der Waals surface area contributed by atoms with E-state index in [0.29, 0.717) is 12.2 Å². The largest absolute Gasteiger partial charge is 0.477 e. The fraction of sp³-hybridized carbons (Fsp3) is 0.400. The van der Waals surface area contributed by atoms with Crippen LogP contribution in [0.4, 0.5) is 5.69 Å². The molecule has 0 saturated heterocycles. The molecule has 0 saturated carbocycles. The molecule has 0 amide bonds. The molecule has 5 nitrogen and oxygen atoms in total. The molecule has 0 aliphatic carbocycles. The van der Waals surface area contributed by atoms with Gasteiger partial charge in [0.05, 0.1) is 0 Å². The van der Waals surface area contributed by atoms with Gasteiger partial charge in [0, 0.05) is 40.7 Å². The van der Waals surface area contributed by atoms with Crippen molar-refractivity contribution in [2.75, 3.05) is 18.1 Å². The number of anilines is 1. The van der Waals surface area contributed by atoms with E-state index >= 15 is 0 Å². The zero-order valence-corrected chi connectivity index (χ0v) is 9.95. The number of nitrogens with zero attached hydrogens (tertiary/aromatic N) is 1. The molecule has 1 heterocycles. The molecule has 0 aliphatic rings. The van der Waals surface area contributed by atoms with E-state index in [1.165, 1.54) is 12.3 Å². The second-order valence-corrected chi connectivity index (χ2v) is 5.23.